The molecule has 19 heavy (non-hydrogen) atoms. The van der Waals surface area contributed by atoms with E-state index in [0.717, 1.165) is 6.42 Å². The van der Waals surface area contributed by atoms with Gasteiger partial charge in [0, 0.05) is 22.9 Å². The van der Waals surface area contributed by atoms with Gasteiger partial charge < -0.3 is 5.32 Å². The topological polar surface area (TPSA) is 12.0 Å². The summed E-state index contributed by atoms with van der Waals surface area (Å²) in [6.07, 6.45) is 14.0. The lowest BCUT2D eigenvalue weighted by molar-refractivity contribution is 0.218. The van der Waals surface area contributed by atoms with E-state index in [9.17, 15) is 0 Å². The maximum Gasteiger partial charge on any atom is 0.0256 e. The smallest absolute Gasteiger partial charge is 0.0256 e. The van der Waals surface area contributed by atoms with Crippen LogP contribution in [0.3, 0.4) is 0 Å². The van der Waals surface area contributed by atoms with Gasteiger partial charge in [-0.25, -0.2) is 0 Å². The van der Waals surface area contributed by atoms with E-state index in [1.165, 1.54) is 19.3 Å². The lowest BCUT2D eigenvalue weighted by Gasteiger charge is -2.47. The Kier molecular flexibility index (Phi) is 4.06. The van der Waals surface area contributed by atoms with Crippen LogP contribution in [0.5, 0.6) is 0 Å². The van der Waals surface area contributed by atoms with Crippen LogP contribution in [0.1, 0.15) is 53.4 Å². The quantitative estimate of drug-likeness (QED) is 0.710. The van der Waals surface area contributed by atoms with Crippen molar-refractivity contribution in [1.29, 1.82) is 0 Å². The van der Waals surface area contributed by atoms with Crippen LogP contribution >= 0.6 is 0 Å². The zero-order valence-electron chi connectivity index (χ0n) is 13.0. The number of allylic oxidation sites excluding steroid dienone is 3. The van der Waals surface area contributed by atoms with Gasteiger partial charge in [0.1, 0.15) is 0 Å². The average Bonchev–Trinajstić information content (AvgIpc) is 2.85. The molecule has 2 aliphatic heterocycles. The van der Waals surface area contributed by atoms with E-state index >= 15 is 0 Å². The Morgan fingerprint density at radius 3 is 2.84 bits per heavy atom. The van der Waals surface area contributed by atoms with Gasteiger partial charge in [0.15, 0.2) is 0 Å². The number of hydrogen-bond donors (Lipinski definition) is 1. The molecule has 0 spiro atoms. The molecular weight excluding hydrogens is 230 g/mol. The van der Waals surface area contributed by atoms with Gasteiger partial charge in [-0.15, -0.1) is 6.58 Å². The first-order chi connectivity index (χ1) is 9.00. The lowest BCUT2D eigenvalue weighted by Crippen LogP contribution is -2.49. The third-order valence-electron chi connectivity index (χ3n) is 5.51. The molecule has 0 aromatic rings. The third-order valence-corrected chi connectivity index (χ3v) is 5.51. The van der Waals surface area contributed by atoms with Crippen molar-refractivity contribution < 1.29 is 0 Å². The van der Waals surface area contributed by atoms with Gasteiger partial charge in [0.25, 0.3) is 0 Å². The highest BCUT2D eigenvalue weighted by Crippen LogP contribution is 2.52. The molecule has 2 aliphatic rings. The second-order valence-electron chi connectivity index (χ2n) is 6.65. The summed E-state index contributed by atoms with van der Waals surface area (Å²) in [6, 6.07) is 1.23. The van der Waals surface area contributed by atoms with E-state index in [1.807, 2.05) is 0 Å². The fourth-order valence-electron chi connectivity index (χ4n) is 3.93. The predicted molar refractivity (Wildman–Crippen MR) is 84.2 cm³/mol. The Morgan fingerprint density at radius 1 is 1.53 bits per heavy atom. The van der Waals surface area contributed by atoms with E-state index in [0.29, 0.717) is 12.1 Å². The molecule has 0 aromatic carbocycles. The van der Waals surface area contributed by atoms with Crippen LogP contribution in [0, 0.1) is 10.8 Å². The van der Waals surface area contributed by atoms with Crippen molar-refractivity contribution in [1.82, 2.24) is 5.32 Å². The second kappa shape index (κ2) is 5.28. The Bertz CT molecular complexity index is 406. The van der Waals surface area contributed by atoms with Crippen molar-refractivity contribution in [3.8, 4) is 0 Å². The molecule has 4 unspecified atom stereocenters. The molecule has 0 aliphatic carbocycles. The summed E-state index contributed by atoms with van der Waals surface area (Å²) in [7, 11) is 0. The summed E-state index contributed by atoms with van der Waals surface area (Å²) in [4.78, 5) is 0. The monoisotopic (exact) mass is 259 g/mol. The second-order valence-corrected chi connectivity index (χ2v) is 6.65. The predicted octanol–water partition coefficient (Wildman–Crippen LogP) is 4.62. The number of fused-ring (bicyclic) bond motifs is 2. The molecule has 2 rings (SSSR count). The van der Waals surface area contributed by atoms with Gasteiger partial charge in [0.2, 0.25) is 0 Å². The third kappa shape index (κ3) is 2.33. The molecule has 2 bridgehead atoms. The molecule has 1 N–H and O–H groups in total. The molecule has 1 heteroatoms. The molecule has 0 aromatic heterocycles. The molecule has 4 atom stereocenters. The average molecular weight is 259 g/mol. The first kappa shape index (κ1) is 14.6. The number of hydrogen-bond acceptors (Lipinski definition) is 1. The first-order valence-electron chi connectivity index (χ1n) is 7.73. The zero-order valence-corrected chi connectivity index (χ0v) is 13.0. The molecule has 0 radical (unpaired) electrons. The molecule has 1 fully saturated rings. The van der Waals surface area contributed by atoms with Gasteiger partial charge >= 0.3 is 0 Å². The Hall–Kier alpha value is -0.820. The van der Waals surface area contributed by atoms with Crippen LogP contribution in [0.2, 0.25) is 0 Å². The summed E-state index contributed by atoms with van der Waals surface area (Å²) >= 11 is 0. The Labute approximate surface area is 118 Å². The fourth-order valence-corrected chi connectivity index (χ4v) is 3.93. The SMILES string of the molecule is C=CC(C)(C/C=C/C)C1=CC2CCC(N2)C1(C)CC. The highest BCUT2D eigenvalue weighted by Gasteiger charge is 2.48. The molecule has 2 heterocycles. The van der Waals surface area contributed by atoms with Crippen molar-refractivity contribution in [2.45, 2.75) is 65.5 Å². The zero-order chi connectivity index (χ0) is 14.1. The van der Waals surface area contributed by atoms with Crippen LogP contribution in [-0.2, 0) is 0 Å². The summed E-state index contributed by atoms with van der Waals surface area (Å²) < 4.78 is 0. The Morgan fingerprint density at radius 2 is 2.26 bits per heavy atom. The largest absolute Gasteiger partial charge is 0.307 e. The van der Waals surface area contributed by atoms with E-state index in [2.05, 4.69) is 63.9 Å². The maximum absolute atomic E-state index is 4.14. The van der Waals surface area contributed by atoms with E-state index in [1.54, 1.807) is 5.57 Å². The molecule has 0 saturated carbocycles. The van der Waals surface area contributed by atoms with Crippen molar-refractivity contribution >= 4 is 0 Å². The highest BCUT2D eigenvalue weighted by molar-refractivity contribution is 5.35. The van der Waals surface area contributed by atoms with Crippen LogP contribution in [0.15, 0.2) is 36.5 Å². The highest BCUT2D eigenvalue weighted by atomic mass is 15.0. The molecular formula is C18H29N. The summed E-state index contributed by atoms with van der Waals surface area (Å²) in [5.74, 6) is 0. The van der Waals surface area contributed by atoms with Crippen molar-refractivity contribution in [3.63, 3.8) is 0 Å². The van der Waals surface area contributed by atoms with Gasteiger partial charge in [-0.05, 0) is 32.6 Å². The molecule has 0 amide bonds. The van der Waals surface area contributed by atoms with Gasteiger partial charge in [-0.2, -0.15) is 0 Å². The summed E-state index contributed by atoms with van der Waals surface area (Å²) in [6.45, 7) is 13.4. The molecule has 106 valence electrons. The first-order valence-corrected chi connectivity index (χ1v) is 7.73. The van der Waals surface area contributed by atoms with Gasteiger partial charge in [-0.3, -0.25) is 0 Å². The Balaban J connectivity index is 2.42. The van der Waals surface area contributed by atoms with Gasteiger partial charge in [-0.1, -0.05) is 50.6 Å². The fraction of sp³-hybridized carbons (Fsp3) is 0.667. The van der Waals surface area contributed by atoms with Crippen molar-refractivity contribution in [2.75, 3.05) is 0 Å². The maximum atomic E-state index is 4.14. The lowest BCUT2D eigenvalue weighted by atomic mass is 9.61. The van der Waals surface area contributed by atoms with Crippen molar-refractivity contribution in [2.24, 2.45) is 10.8 Å². The van der Waals surface area contributed by atoms with E-state index in [4.69, 9.17) is 0 Å². The number of rotatable bonds is 5. The molecule has 1 nitrogen and oxygen atoms in total. The van der Waals surface area contributed by atoms with Crippen molar-refractivity contribution in [3.05, 3.63) is 36.5 Å². The van der Waals surface area contributed by atoms with E-state index < -0.39 is 0 Å². The van der Waals surface area contributed by atoms with Crippen LogP contribution in [0.25, 0.3) is 0 Å². The van der Waals surface area contributed by atoms with Crippen LogP contribution in [-0.4, -0.2) is 12.1 Å². The normalized spacial score (nSPS) is 37.2. The summed E-state index contributed by atoms with van der Waals surface area (Å²) in [5, 5.41) is 3.79. The minimum Gasteiger partial charge on any atom is -0.307 e. The minimum atomic E-state index is 0.0974. The summed E-state index contributed by atoms with van der Waals surface area (Å²) in [5.41, 5.74) is 1.99. The van der Waals surface area contributed by atoms with Gasteiger partial charge in [0.05, 0.1) is 0 Å². The molecule has 1 saturated heterocycles. The van der Waals surface area contributed by atoms with Crippen LogP contribution < -0.4 is 5.32 Å². The standard InChI is InChI=1S/C18H29N/c1-6-9-12-17(4,7-2)15-13-14-10-11-16(19-14)18(15,5)8-3/h6-7,9,13-14,16,19H,2,8,10-12H2,1,3-5H3/b9-6+. The number of nitrogens with one attached hydrogen (secondary N) is 1. The van der Waals surface area contributed by atoms with Crippen LogP contribution in [0.4, 0.5) is 0 Å². The van der Waals surface area contributed by atoms with E-state index in [-0.39, 0.29) is 10.8 Å². The minimum absolute atomic E-state index is 0.0974.